The van der Waals surface area contributed by atoms with Crippen molar-refractivity contribution >= 4 is 23.7 Å². The second-order valence-electron chi connectivity index (χ2n) is 10.2. The second kappa shape index (κ2) is 14.6. The summed E-state index contributed by atoms with van der Waals surface area (Å²) in [6, 6.07) is 1.68. The van der Waals surface area contributed by atoms with E-state index in [4.69, 9.17) is 5.73 Å². The minimum Gasteiger partial charge on any atom is -0.508 e. The number of hydrogen-bond donors (Lipinski definition) is 8. The molecular weight excluding hydrogens is 532 g/mol. The molecule has 2 aromatic heterocycles. The van der Waals surface area contributed by atoms with Crippen LogP contribution in [0.4, 0.5) is 0 Å². The summed E-state index contributed by atoms with van der Waals surface area (Å²) in [4.78, 5) is 65.0. The quantitative estimate of drug-likeness (QED) is 0.121. The van der Waals surface area contributed by atoms with Gasteiger partial charge >= 0.3 is 5.97 Å². The van der Waals surface area contributed by atoms with E-state index in [1.54, 1.807) is 18.3 Å². The molecule has 9 N–H and O–H groups in total. The number of nitrogens with two attached hydrogens (primary N) is 1. The largest absolute Gasteiger partial charge is 0.508 e. The van der Waals surface area contributed by atoms with Crippen molar-refractivity contribution in [3.63, 3.8) is 0 Å². The average Bonchev–Trinajstić information content (AvgIpc) is 3.63. The maximum atomic E-state index is 13.5. The van der Waals surface area contributed by atoms with Crippen LogP contribution in [0, 0.1) is 5.92 Å². The fourth-order valence-electron chi connectivity index (χ4n) is 4.15. The molecule has 1 aromatic carbocycles. The van der Waals surface area contributed by atoms with Crippen LogP contribution in [0.5, 0.6) is 5.75 Å². The first-order valence-electron chi connectivity index (χ1n) is 13.1. The number of carboxylic acid groups (broad SMARTS) is 1. The third-order valence-electron chi connectivity index (χ3n) is 6.27. The number of phenols is 1. The van der Waals surface area contributed by atoms with E-state index < -0.39 is 47.9 Å². The maximum absolute atomic E-state index is 13.5. The zero-order valence-electron chi connectivity index (χ0n) is 22.8. The van der Waals surface area contributed by atoms with E-state index >= 15 is 0 Å². The second-order valence-corrected chi connectivity index (χ2v) is 10.2. The Morgan fingerprint density at radius 2 is 1.34 bits per heavy atom. The first-order valence-corrected chi connectivity index (χ1v) is 13.1. The summed E-state index contributed by atoms with van der Waals surface area (Å²) in [7, 11) is 0. The molecule has 2 heterocycles. The summed E-state index contributed by atoms with van der Waals surface area (Å²) in [5.74, 6) is -3.15. The molecule has 14 heteroatoms. The molecule has 3 rings (SSSR count). The van der Waals surface area contributed by atoms with E-state index in [0.717, 1.165) is 0 Å². The molecule has 14 nitrogen and oxygen atoms in total. The zero-order chi connectivity index (χ0) is 29.9. The standard InChI is InChI=1S/C27H36N8O6/c1-15(2)7-21(25(38)35-23(27(40)41)10-18-12-30-14-32-18)34-26(39)22(8-16-3-5-19(36)6-4-16)33-24(37)20(28)9-17-11-29-13-31-17/h3-6,11-15,20-23,36H,7-10,28H2,1-2H3,(H,29,31)(H,30,32)(H,33,37)(H,34,39)(H,35,38)(H,40,41). The number of rotatable bonds is 15. The van der Waals surface area contributed by atoms with Gasteiger partial charge in [-0.15, -0.1) is 0 Å². The van der Waals surface area contributed by atoms with Crippen molar-refractivity contribution in [3.05, 3.63) is 66.3 Å². The molecule has 0 spiro atoms. The van der Waals surface area contributed by atoms with Gasteiger partial charge in [-0.25, -0.2) is 14.8 Å². The number of aromatic amines is 2. The normalized spacial score (nSPS) is 14.0. The van der Waals surface area contributed by atoms with Gasteiger partial charge in [0.2, 0.25) is 17.7 Å². The molecular formula is C27H36N8O6. The lowest BCUT2D eigenvalue weighted by Gasteiger charge is -2.26. The van der Waals surface area contributed by atoms with E-state index in [0.29, 0.717) is 17.0 Å². The molecule has 0 saturated heterocycles. The highest BCUT2D eigenvalue weighted by Gasteiger charge is 2.31. The molecule has 0 fully saturated rings. The van der Waals surface area contributed by atoms with Crippen molar-refractivity contribution in [2.45, 2.75) is 63.7 Å². The lowest BCUT2D eigenvalue weighted by Crippen LogP contribution is -2.58. The van der Waals surface area contributed by atoms with Crippen molar-refractivity contribution < 1.29 is 29.4 Å². The summed E-state index contributed by atoms with van der Waals surface area (Å²) in [6.45, 7) is 3.71. The van der Waals surface area contributed by atoms with Crippen molar-refractivity contribution in [1.29, 1.82) is 0 Å². The highest BCUT2D eigenvalue weighted by Crippen LogP contribution is 2.13. The molecule has 0 aliphatic rings. The van der Waals surface area contributed by atoms with Gasteiger partial charge < -0.3 is 41.9 Å². The first-order chi connectivity index (χ1) is 19.5. The summed E-state index contributed by atoms with van der Waals surface area (Å²) in [5.41, 5.74) is 7.87. The lowest BCUT2D eigenvalue weighted by atomic mass is 10.00. The fraction of sp³-hybridized carbons (Fsp3) is 0.407. The van der Waals surface area contributed by atoms with E-state index in [-0.39, 0.29) is 37.4 Å². The molecule has 41 heavy (non-hydrogen) atoms. The highest BCUT2D eigenvalue weighted by atomic mass is 16.4. The third-order valence-corrected chi connectivity index (χ3v) is 6.27. The van der Waals surface area contributed by atoms with E-state index in [9.17, 15) is 29.4 Å². The van der Waals surface area contributed by atoms with Gasteiger partial charge in [0.25, 0.3) is 0 Å². The van der Waals surface area contributed by atoms with Crippen LogP contribution in [-0.4, -0.2) is 78.0 Å². The Morgan fingerprint density at radius 3 is 1.88 bits per heavy atom. The molecule has 0 aliphatic heterocycles. The third kappa shape index (κ3) is 9.76. The van der Waals surface area contributed by atoms with Crippen LogP contribution < -0.4 is 21.7 Å². The van der Waals surface area contributed by atoms with Crippen molar-refractivity contribution in [2.24, 2.45) is 11.7 Å². The Labute approximate surface area is 236 Å². The highest BCUT2D eigenvalue weighted by molar-refractivity contribution is 5.94. The molecule has 0 radical (unpaired) electrons. The van der Waals surface area contributed by atoms with Gasteiger partial charge in [0.15, 0.2) is 0 Å². The van der Waals surface area contributed by atoms with Crippen molar-refractivity contribution in [2.75, 3.05) is 0 Å². The molecule has 3 amide bonds. The van der Waals surface area contributed by atoms with E-state index in [2.05, 4.69) is 35.9 Å². The molecule has 4 atom stereocenters. The van der Waals surface area contributed by atoms with Gasteiger partial charge in [0, 0.05) is 43.0 Å². The number of carboxylic acids is 1. The van der Waals surface area contributed by atoms with E-state index in [1.807, 2.05) is 13.8 Å². The zero-order valence-corrected chi connectivity index (χ0v) is 22.8. The number of carbonyl (C=O) groups is 4. The Balaban J connectivity index is 1.76. The number of carbonyl (C=O) groups excluding carboxylic acids is 3. The Kier molecular flexibility index (Phi) is 11.0. The van der Waals surface area contributed by atoms with Crippen molar-refractivity contribution in [1.82, 2.24) is 35.9 Å². The Hall–Kier alpha value is -4.72. The van der Waals surface area contributed by atoms with Gasteiger partial charge in [-0.1, -0.05) is 26.0 Å². The fourth-order valence-corrected chi connectivity index (χ4v) is 4.15. The number of phenolic OH excluding ortho intramolecular Hbond substituents is 1. The van der Waals surface area contributed by atoms with Gasteiger partial charge in [0.05, 0.1) is 18.7 Å². The number of hydrogen-bond acceptors (Lipinski definition) is 8. The Bertz CT molecular complexity index is 1280. The molecule has 0 bridgehead atoms. The van der Waals surface area contributed by atoms with Crippen molar-refractivity contribution in [3.8, 4) is 5.75 Å². The predicted molar refractivity (Wildman–Crippen MR) is 147 cm³/mol. The van der Waals surface area contributed by atoms with Crippen LogP contribution >= 0.6 is 0 Å². The van der Waals surface area contributed by atoms with Crippen LogP contribution in [-0.2, 0) is 38.4 Å². The number of benzene rings is 1. The smallest absolute Gasteiger partial charge is 0.326 e. The predicted octanol–water partition coefficient (Wildman–Crippen LogP) is -0.221. The van der Waals surface area contributed by atoms with Crippen LogP contribution in [0.15, 0.2) is 49.3 Å². The molecule has 0 saturated carbocycles. The number of H-pyrrole nitrogens is 2. The lowest BCUT2D eigenvalue weighted by molar-refractivity contribution is -0.142. The number of imidazole rings is 2. The van der Waals surface area contributed by atoms with Gasteiger partial charge in [-0.3, -0.25) is 14.4 Å². The number of amides is 3. The summed E-state index contributed by atoms with van der Waals surface area (Å²) in [5, 5.41) is 27.1. The Morgan fingerprint density at radius 1 is 0.805 bits per heavy atom. The minimum atomic E-state index is -1.26. The van der Waals surface area contributed by atoms with Crippen LogP contribution in [0.3, 0.4) is 0 Å². The van der Waals surface area contributed by atoms with Gasteiger partial charge in [-0.05, 0) is 30.0 Å². The number of aliphatic carboxylic acids is 1. The van der Waals surface area contributed by atoms with Gasteiger partial charge in [-0.2, -0.15) is 0 Å². The van der Waals surface area contributed by atoms with Gasteiger partial charge in [0.1, 0.15) is 23.9 Å². The number of nitrogens with zero attached hydrogens (tertiary/aromatic N) is 2. The molecule has 0 aliphatic carbocycles. The number of aromatic hydroxyl groups is 1. The van der Waals surface area contributed by atoms with E-state index in [1.165, 1.54) is 31.0 Å². The number of aromatic nitrogens is 4. The monoisotopic (exact) mass is 568 g/mol. The summed E-state index contributed by atoms with van der Waals surface area (Å²) >= 11 is 0. The molecule has 4 unspecified atom stereocenters. The summed E-state index contributed by atoms with van der Waals surface area (Å²) < 4.78 is 0. The molecule has 220 valence electrons. The SMILES string of the molecule is CC(C)CC(NC(=O)C(Cc1ccc(O)cc1)NC(=O)C(N)Cc1cnc[nH]1)C(=O)NC(Cc1cnc[nH]1)C(=O)O. The summed E-state index contributed by atoms with van der Waals surface area (Å²) in [6.07, 6.45) is 6.26. The number of nitrogens with one attached hydrogen (secondary N) is 5. The molecule has 3 aromatic rings. The topological polar surface area (TPSA) is 228 Å². The first kappa shape index (κ1) is 30.8. The average molecular weight is 569 g/mol. The minimum absolute atomic E-state index is 0.0306. The maximum Gasteiger partial charge on any atom is 0.326 e. The van der Waals surface area contributed by atoms with Crippen LogP contribution in [0.2, 0.25) is 0 Å². The van der Waals surface area contributed by atoms with Crippen LogP contribution in [0.1, 0.15) is 37.2 Å². The van der Waals surface area contributed by atoms with Crippen LogP contribution in [0.25, 0.3) is 0 Å².